The Kier molecular flexibility index (Phi) is 5.12. The van der Waals surface area contributed by atoms with Crippen LogP contribution < -0.4 is 5.32 Å². The number of rotatable bonds is 5. The van der Waals surface area contributed by atoms with Gasteiger partial charge in [-0.15, -0.1) is 0 Å². The Hall–Kier alpha value is -1.96. The second-order valence-electron chi connectivity index (χ2n) is 5.13. The van der Waals surface area contributed by atoms with Gasteiger partial charge in [-0.05, 0) is 24.1 Å². The summed E-state index contributed by atoms with van der Waals surface area (Å²) < 4.78 is 40.0. The van der Waals surface area contributed by atoms with Gasteiger partial charge in [0, 0.05) is 6.04 Å². The van der Waals surface area contributed by atoms with E-state index < -0.39 is 40.2 Å². The summed E-state index contributed by atoms with van der Waals surface area (Å²) in [5, 5.41) is 2.52. The Morgan fingerprint density at radius 2 is 1.95 bits per heavy atom. The number of esters is 1. The van der Waals surface area contributed by atoms with Crippen LogP contribution in [0.15, 0.2) is 24.3 Å². The molecule has 0 aliphatic carbocycles. The Morgan fingerprint density at radius 3 is 2.55 bits per heavy atom. The number of hydrogen-bond acceptors (Lipinski definition) is 5. The molecule has 22 heavy (non-hydrogen) atoms. The van der Waals surface area contributed by atoms with Crippen LogP contribution in [0.1, 0.15) is 12.0 Å². The van der Waals surface area contributed by atoms with Crippen molar-refractivity contribution in [3.8, 4) is 0 Å². The Labute approximate surface area is 127 Å². The van der Waals surface area contributed by atoms with Gasteiger partial charge in [0.05, 0.1) is 17.9 Å². The van der Waals surface area contributed by atoms with Gasteiger partial charge in [0.15, 0.2) is 16.4 Å². The lowest BCUT2D eigenvalue weighted by Crippen LogP contribution is -2.38. The first-order valence-electron chi connectivity index (χ1n) is 6.74. The van der Waals surface area contributed by atoms with E-state index in [-0.39, 0.29) is 17.9 Å². The average molecular weight is 329 g/mol. The minimum Gasteiger partial charge on any atom is -0.455 e. The summed E-state index contributed by atoms with van der Waals surface area (Å²) >= 11 is 0. The van der Waals surface area contributed by atoms with E-state index in [1.807, 2.05) is 0 Å². The second-order valence-corrected chi connectivity index (χ2v) is 7.36. The first-order valence-corrected chi connectivity index (χ1v) is 8.56. The summed E-state index contributed by atoms with van der Waals surface area (Å²) in [7, 11) is -3.07. The molecule has 0 aromatic heterocycles. The Morgan fingerprint density at radius 1 is 1.27 bits per heavy atom. The molecule has 6 nitrogen and oxygen atoms in total. The highest BCUT2D eigenvalue weighted by molar-refractivity contribution is 7.91. The van der Waals surface area contributed by atoms with Gasteiger partial charge in [0.25, 0.3) is 5.91 Å². The molecule has 1 aliphatic rings. The minimum atomic E-state index is -3.07. The predicted molar refractivity (Wildman–Crippen MR) is 76.3 cm³/mol. The van der Waals surface area contributed by atoms with Crippen molar-refractivity contribution in [3.63, 3.8) is 0 Å². The van der Waals surface area contributed by atoms with Gasteiger partial charge in [-0.25, -0.2) is 12.8 Å². The molecular formula is C14H16FNO5S. The van der Waals surface area contributed by atoms with Crippen molar-refractivity contribution in [2.75, 3.05) is 18.1 Å². The fraction of sp³-hybridized carbons (Fsp3) is 0.429. The third kappa shape index (κ3) is 5.10. The number of sulfone groups is 1. The summed E-state index contributed by atoms with van der Waals surface area (Å²) in [4.78, 5) is 23.1. The Balaban J connectivity index is 1.72. The molecule has 0 unspecified atom stereocenters. The molecule has 1 aromatic carbocycles. The lowest BCUT2D eigenvalue weighted by Gasteiger charge is -2.11. The van der Waals surface area contributed by atoms with Crippen molar-refractivity contribution in [3.05, 3.63) is 35.6 Å². The SMILES string of the molecule is O=C(COC(=O)Cc1ccc(F)cc1)N[C@@H]1CCS(=O)(=O)C1. The maximum absolute atomic E-state index is 12.7. The minimum absolute atomic E-state index is 0.0578. The van der Waals surface area contributed by atoms with Crippen molar-refractivity contribution >= 4 is 21.7 Å². The molecule has 120 valence electrons. The maximum atomic E-state index is 12.7. The second kappa shape index (κ2) is 6.87. The molecule has 8 heteroatoms. The lowest BCUT2D eigenvalue weighted by molar-refractivity contribution is -0.148. The zero-order valence-electron chi connectivity index (χ0n) is 11.7. The molecule has 1 amide bonds. The average Bonchev–Trinajstić information content (AvgIpc) is 2.78. The summed E-state index contributed by atoms with van der Waals surface area (Å²) in [5.74, 6) is -1.57. The van der Waals surface area contributed by atoms with Crippen LogP contribution in [0.4, 0.5) is 4.39 Å². The molecule has 1 saturated heterocycles. The van der Waals surface area contributed by atoms with Gasteiger partial charge in [0.2, 0.25) is 0 Å². The fourth-order valence-electron chi connectivity index (χ4n) is 2.14. The van der Waals surface area contributed by atoms with Crippen LogP contribution in [0.25, 0.3) is 0 Å². The molecular weight excluding hydrogens is 313 g/mol. The number of hydrogen-bond donors (Lipinski definition) is 1. The van der Waals surface area contributed by atoms with Gasteiger partial charge >= 0.3 is 5.97 Å². The van der Waals surface area contributed by atoms with Crippen molar-refractivity contribution in [2.45, 2.75) is 18.9 Å². The third-order valence-electron chi connectivity index (χ3n) is 3.22. The van der Waals surface area contributed by atoms with Gasteiger partial charge in [0.1, 0.15) is 5.82 Å². The summed E-state index contributed by atoms with van der Waals surface area (Å²) in [5.41, 5.74) is 0.577. The normalized spacial score (nSPS) is 19.6. The smallest absolute Gasteiger partial charge is 0.310 e. The first kappa shape index (κ1) is 16.4. The van der Waals surface area contributed by atoms with Gasteiger partial charge < -0.3 is 10.1 Å². The summed E-state index contributed by atoms with van der Waals surface area (Å²) in [6.07, 6.45) is 0.308. The molecule has 0 bridgehead atoms. The van der Waals surface area contributed by atoms with Gasteiger partial charge in [-0.1, -0.05) is 12.1 Å². The molecule has 1 aromatic rings. The number of halogens is 1. The van der Waals surface area contributed by atoms with Gasteiger partial charge in [-0.3, -0.25) is 9.59 Å². The van der Waals surface area contributed by atoms with E-state index in [4.69, 9.17) is 4.74 Å². The topological polar surface area (TPSA) is 89.5 Å². The van der Waals surface area contributed by atoms with Crippen LogP contribution in [-0.2, 0) is 30.6 Å². The van der Waals surface area contributed by atoms with Crippen LogP contribution in [0, 0.1) is 5.82 Å². The van der Waals surface area contributed by atoms with E-state index in [2.05, 4.69) is 5.32 Å². The highest BCUT2D eigenvalue weighted by Crippen LogP contribution is 2.11. The lowest BCUT2D eigenvalue weighted by atomic mass is 10.1. The Bertz CT molecular complexity index is 656. The number of amides is 1. The van der Waals surface area contributed by atoms with Crippen molar-refractivity contribution in [1.29, 1.82) is 0 Å². The van der Waals surface area contributed by atoms with E-state index in [0.29, 0.717) is 12.0 Å². The van der Waals surface area contributed by atoms with E-state index in [1.54, 1.807) is 0 Å². The summed E-state index contributed by atoms with van der Waals surface area (Å²) in [6.45, 7) is -0.462. The molecule has 0 radical (unpaired) electrons. The van der Waals surface area contributed by atoms with Crippen LogP contribution >= 0.6 is 0 Å². The molecule has 1 atom stereocenters. The van der Waals surface area contributed by atoms with Crippen molar-refractivity contribution < 1.29 is 27.1 Å². The quantitative estimate of drug-likeness (QED) is 0.780. The predicted octanol–water partition coefficient (Wildman–Crippen LogP) is 0.215. The maximum Gasteiger partial charge on any atom is 0.310 e. The van der Waals surface area contributed by atoms with Crippen LogP contribution in [0.5, 0.6) is 0 Å². The number of carbonyl (C=O) groups excluding carboxylic acids is 2. The van der Waals surface area contributed by atoms with E-state index >= 15 is 0 Å². The van der Waals surface area contributed by atoms with Crippen LogP contribution in [-0.4, -0.2) is 44.4 Å². The zero-order valence-corrected chi connectivity index (χ0v) is 12.6. The van der Waals surface area contributed by atoms with Gasteiger partial charge in [-0.2, -0.15) is 0 Å². The first-order chi connectivity index (χ1) is 10.3. The largest absolute Gasteiger partial charge is 0.455 e. The number of ether oxygens (including phenoxy) is 1. The molecule has 0 spiro atoms. The molecule has 0 saturated carbocycles. The molecule has 2 rings (SSSR count). The monoisotopic (exact) mass is 329 g/mol. The number of carbonyl (C=O) groups is 2. The fourth-order valence-corrected chi connectivity index (χ4v) is 3.82. The highest BCUT2D eigenvalue weighted by atomic mass is 32.2. The standard InChI is InChI=1S/C14H16FNO5S/c15-11-3-1-10(2-4-11)7-14(18)21-8-13(17)16-12-5-6-22(19,20)9-12/h1-4,12H,5-9H2,(H,16,17)/t12-/m1/s1. The van der Waals surface area contributed by atoms with E-state index in [0.717, 1.165) is 0 Å². The van der Waals surface area contributed by atoms with E-state index in [1.165, 1.54) is 24.3 Å². The van der Waals surface area contributed by atoms with Crippen molar-refractivity contribution in [2.24, 2.45) is 0 Å². The van der Waals surface area contributed by atoms with Crippen LogP contribution in [0.3, 0.4) is 0 Å². The van der Waals surface area contributed by atoms with E-state index in [9.17, 15) is 22.4 Å². The third-order valence-corrected chi connectivity index (χ3v) is 4.99. The number of benzene rings is 1. The molecule has 1 fully saturated rings. The summed E-state index contributed by atoms with van der Waals surface area (Å²) in [6, 6.07) is 4.96. The number of nitrogens with one attached hydrogen (secondary N) is 1. The van der Waals surface area contributed by atoms with Crippen molar-refractivity contribution in [1.82, 2.24) is 5.32 Å². The molecule has 1 heterocycles. The molecule has 1 N–H and O–H groups in total. The highest BCUT2D eigenvalue weighted by Gasteiger charge is 2.28. The molecule has 1 aliphatic heterocycles. The zero-order chi connectivity index (χ0) is 16.2. The van der Waals surface area contributed by atoms with Crippen LogP contribution in [0.2, 0.25) is 0 Å².